The summed E-state index contributed by atoms with van der Waals surface area (Å²) in [5, 5.41) is 88.8. The molecule has 6 nitrogen and oxygen atoms in total. The average molecular weight is 1410 g/mol. The predicted molar refractivity (Wildman–Crippen MR) is 394 cm³/mol. The Bertz CT molecular complexity index is 4260. The summed E-state index contributed by atoms with van der Waals surface area (Å²) in [5.41, 5.74) is 0. The van der Waals surface area contributed by atoms with Gasteiger partial charge in [-0.25, -0.2) is 0 Å². The van der Waals surface area contributed by atoms with E-state index >= 15 is 0 Å². The first-order valence-corrected chi connectivity index (χ1v) is 63.9. The van der Waals surface area contributed by atoms with Crippen molar-refractivity contribution in [3.63, 3.8) is 0 Å². The number of rotatable bonds is 6. The molecular weight excluding hydrogens is 1340 g/mol. The van der Waals surface area contributed by atoms with Gasteiger partial charge in [0.1, 0.15) is 0 Å². The normalized spacial score (nSPS) is 16.0. The van der Waals surface area contributed by atoms with Gasteiger partial charge < -0.3 is 0 Å². The molecule has 12 bridgehead atoms. The van der Waals surface area contributed by atoms with Crippen LogP contribution < -0.4 is 31.3 Å². The van der Waals surface area contributed by atoms with Crippen LogP contribution >= 0.6 is 0 Å². The average Bonchev–Trinajstić information content (AvgIpc) is 1.57. The molecule has 0 aromatic heterocycles. The van der Waals surface area contributed by atoms with Crippen LogP contribution in [0.15, 0.2) is 146 Å². The molecule has 16 aromatic rings. The summed E-state index contributed by atoms with van der Waals surface area (Å²) < 4.78 is 6.91. The third-order valence-electron chi connectivity index (χ3n) is 18.0. The molecule has 19 rings (SSSR count). The quantitative estimate of drug-likeness (QED) is 0.152. The van der Waals surface area contributed by atoms with Gasteiger partial charge in [0.25, 0.3) is 0 Å². The predicted octanol–water partition coefficient (Wildman–Crippen LogP) is 14.1. The van der Waals surface area contributed by atoms with E-state index in [2.05, 4.69) is 293 Å². The Kier molecular flexibility index (Phi) is 16.1. The molecule has 3 aliphatic heterocycles. The Morgan fingerprint density at radius 2 is 0.276 bits per heavy atom. The third kappa shape index (κ3) is 10.3. The summed E-state index contributed by atoms with van der Waals surface area (Å²) in [7, 11) is -14.1. The molecule has 0 radical (unpaired) electrons. The fraction of sp³-hybridized carbons (Fsp3) is 0.250. The van der Waals surface area contributed by atoms with Gasteiger partial charge in [0.2, 0.25) is 0 Å². The molecule has 0 saturated carbocycles. The van der Waals surface area contributed by atoms with E-state index in [1.54, 1.807) is 0 Å². The minimum atomic E-state index is -4.29. The summed E-state index contributed by atoms with van der Waals surface area (Å²) in [6.45, 7) is 41.6. The fourth-order valence-corrected chi connectivity index (χ4v) is 92.8. The molecule has 0 saturated heterocycles. The molecule has 0 aliphatic carbocycles. The summed E-state index contributed by atoms with van der Waals surface area (Å²) in [5.74, 6) is 0. The monoisotopic (exact) mass is 1420 g/mol. The summed E-state index contributed by atoms with van der Waals surface area (Å²) >= 11 is -12.9. The van der Waals surface area contributed by atoms with Crippen LogP contribution in [0.25, 0.3) is 88.8 Å². The van der Waals surface area contributed by atoms with E-state index in [1.807, 2.05) is 0 Å². The molecule has 0 N–H and O–H groups in total. The van der Waals surface area contributed by atoms with Crippen LogP contribution in [0.4, 0.5) is 0 Å². The van der Waals surface area contributed by atoms with Gasteiger partial charge in [-0.15, -0.1) is 0 Å². The Morgan fingerprint density at radius 1 is 0.184 bits per heavy atom. The molecule has 0 unspecified atom stereocenters. The maximum absolute atomic E-state index is 11.6. The number of nitriles is 6. The fourth-order valence-electron chi connectivity index (χ4n) is 15.3. The number of hydrogen-bond donors (Lipinski definition) is 0. The van der Waals surface area contributed by atoms with Gasteiger partial charge in [-0.1, -0.05) is 0 Å². The van der Waals surface area contributed by atoms with E-state index in [-0.39, 0.29) is 0 Å². The number of nitrogens with zero attached hydrogens (tertiary/aromatic N) is 6. The van der Waals surface area contributed by atoms with Crippen molar-refractivity contribution in [3.8, 4) is 29.4 Å². The molecule has 0 atom stereocenters. The summed E-state index contributed by atoms with van der Waals surface area (Å²) in [6, 6.07) is 53.0. The first kappa shape index (κ1) is 63.6. The van der Waals surface area contributed by atoms with Crippen LogP contribution in [0, 0.1) is 61.0 Å². The van der Waals surface area contributed by atoms with E-state index in [9.17, 15) is 31.6 Å². The van der Waals surface area contributed by atoms with Gasteiger partial charge in [0, 0.05) is 0 Å². The molecule has 3 heterocycles. The van der Waals surface area contributed by atoms with Gasteiger partial charge in [0.15, 0.2) is 0 Å². The summed E-state index contributed by atoms with van der Waals surface area (Å²) in [6.07, 6.45) is 0. The van der Waals surface area contributed by atoms with E-state index in [1.165, 1.54) is 0 Å². The van der Waals surface area contributed by atoms with E-state index in [0.29, 0.717) is 0 Å². The van der Waals surface area contributed by atoms with Crippen LogP contribution in [0.3, 0.4) is 0 Å². The van der Waals surface area contributed by atoms with Crippen molar-refractivity contribution in [3.05, 3.63) is 177 Å². The molecule has 15 heteroatoms. The minimum absolute atomic E-state index is 1.03. The van der Waals surface area contributed by atoms with Crippen molar-refractivity contribution in [2.24, 2.45) is 0 Å². The molecule has 432 valence electrons. The zero-order chi connectivity index (χ0) is 63.6. The second kappa shape index (κ2) is 22.0. The Labute approximate surface area is 527 Å². The van der Waals surface area contributed by atoms with Crippen LogP contribution in [-0.2, 0) is 0 Å². The zero-order valence-corrected chi connectivity index (χ0v) is 66.3. The molecular formula is C72H78Ge3N6Si6. The topological polar surface area (TPSA) is 143 Å². The van der Waals surface area contributed by atoms with Crippen molar-refractivity contribution in [1.82, 2.24) is 0 Å². The summed E-state index contributed by atoms with van der Waals surface area (Å²) in [4.78, 5) is 17.3. The maximum atomic E-state index is 11.6. The van der Waals surface area contributed by atoms with Crippen molar-refractivity contribution in [1.29, 1.82) is 31.6 Å². The Balaban J connectivity index is 1.48. The van der Waals surface area contributed by atoms with Gasteiger partial charge in [-0.2, -0.15) is 0 Å². The Morgan fingerprint density at radius 3 is 0.356 bits per heavy atom. The van der Waals surface area contributed by atoms with Crippen LogP contribution in [0.1, 0.15) is 0 Å². The molecule has 87 heavy (non-hydrogen) atoms. The SMILES string of the molecule is C[Si](C)(C)[C]1=c2c(c3ccc(cc3)c3ccc(cc3)c3c(c4ccc(cc4)c4ccc(cc4)c4c(c5ccc(cc5)c5ccc2cc5)=[C]([Si](C)(C)C)[Ge]([C]#N)([C]#N)[C]=4[Si](C)(C)C)=[C]([Si](C)(C)C)[Ge]([C]#N)([C]#N)[C]=3[Si](C)(C)C)=[C]([Si](C)(C)C)[Ge]1([C]#N)[C]#N. The van der Waals surface area contributed by atoms with Gasteiger partial charge in [-0.05, 0) is 0 Å². The first-order valence-electron chi connectivity index (χ1n) is 30.3. The zero-order valence-electron chi connectivity index (χ0n) is 54.0. The third-order valence-corrected chi connectivity index (χ3v) is 85.4. The molecule has 0 fully saturated rings. The molecule has 3 aliphatic rings. The van der Waals surface area contributed by atoms with Gasteiger partial charge in [0.05, 0.1) is 0 Å². The van der Waals surface area contributed by atoms with E-state index in [0.717, 1.165) is 120 Å². The first-order chi connectivity index (χ1) is 40.6. The van der Waals surface area contributed by atoms with Gasteiger partial charge >= 0.3 is 533 Å². The van der Waals surface area contributed by atoms with E-state index < -0.39 is 88.2 Å². The van der Waals surface area contributed by atoms with Crippen LogP contribution in [-0.4, -0.2) is 88.2 Å². The standard InChI is InChI=1S/C72H78Ge3N6Si6/c1-82(2,3)67-61-55-31-19-49(20-32-55)51-23-35-57(36-24-51)63-65(71(86(13,14)15)74(45-78,46-79)69(63)84(7,8)9)59-39-27-53(28-40-59)54-29-41-60(42-30-54)66-64(70(85(10,11)12)75(47-80,48-81)72(66)87(16,17)18)58-37-25-52(26-38-58)50-21-33-56(34-22-50)62(61)68(83(4,5)6)73(67,43-76)44-77/h19-42H,1-18H3. The van der Waals surface area contributed by atoms with Crippen molar-refractivity contribution in [2.75, 3.05) is 0 Å². The Hall–Kier alpha value is -6.37. The second-order valence-corrected chi connectivity index (χ2v) is 85.2. The van der Waals surface area contributed by atoms with Crippen LogP contribution in [0.5, 0.6) is 0 Å². The van der Waals surface area contributed by atoms with Crippen molar-refractivity contribution < 1.29 is 0 Å². The van der Waals surface area contributed by atoms with Crippen molar-refractivity contribution in [2.45, 2.75) is 118 Å². The van der Waals surface area contributed by atoms with Crippen LogP contribution in [0.2, 0.25) is 118 Å². The van der Waals surface area contributed by atoms with E-state index in [4.69, 9.17) is 0 Å². The van der Waals surface area contributed by atoms with Gasteiger partial charge in [-0.3, -0.25) is 0 Å². The number of benzene rings is 6. The second-order valence-electron chi connectivity index (χ2n) is 30.4. The molecule has 0 amide bonds. The molecule has 0 spiro atoms. The molecule has 16 aromatic carbocycles. The van der Waals surface area contributed by atoms with Crippen molar-refractivity contribution >= 4 is 177 Å². The number of hydrogen-bond acceptors (Lipinski definition) is 6.